The number of esters is 2. The quantitative estimate of drug-likeness (QED) is 0.251. The molecule has 4 heterocycles. The largest absolute Gasteiger partial charge is 0.466 e. The molecule has 0 bridgehead atoms. The minimum Gasteiger partial charge on any atom is -0.466 e. The van der Waals surface area contributed by atoms with E-state index in [-0.39, 0.29) is 18.4 Å². The van der Waals surface area contributed by atoms with Crippen molar-refractivity contribution < 1.29 is 28.6 Å². The number of nitrogens with zero attached hydrogens (tertiary/aromatic N) is 1. The highest BCUT2D eigenvalue weighted by Crippen LogP contribution is 2.28. The summed E-state index contributed by atoms with van der Waals surface area (Å²) in [5.74, 6) is -0.466. The van der Waals surface area contributed by atoms with Gasteiger partial charge in [-0.05, 0) is 68.6 Å². The van der Waals surface area contributed by atoms with Gasteiger partial charge in [-0.25, -0.2) is 9.36 Å². The van der Waals surface area contributed by atoms with Crippen LogP contribution in [0.5, 0.6) is 0 Å². The number of thiophene rings is 2. The third-order valence-electron chi connectivity index (χ3n) is 4.75. The number of carbonyl (C=O) groups excluding carboxylic acids is 3. The maximum atomic E-state index is 12.2. The highest BCUT2D eigenvalue weighted by molar-refractivity contribution is 7.17. The van der Waals surface area contributed by atoms with Crippen LogP contribution in [0, 0.1) is 0 Å². The zero-order valence-corrected chi connectivity index (χ0v) is 22.1. The van der Waals surface area contributed by atoms with Crippen molar-refractivity contribution in [2.45, 2.75) is 53.1 Å². The Balaban J connectivity index is 0.000000211. The minimum atomic E-state index is -0.563. The van der Waals surface area contributed by atoms with E-state index in [1.54, 1.807) is 24.5 Å². The summed E-state index contributed by atoms with van der Waals surface area (Å²) in [4.78, 5) is 40.1. The molecule has 0 aliphatic carbocycles. The number of hydrogen-bond donors (Lipinski definition) is 1. The van der Waals surface area contributed by atoms with Crippen LogP contribution in [0.15, 0.2) is 35.3 Å². The standard InChI is InChI=1S/C15H19NO4S.C10H11NO2S/c1-5-19-12(17)8-10-9-16(13-11(10)6-7-21-13)14(18)20-15(2,3)4;1-2-13-9(12)5-7-6-11-10-8(7)3-4-14-10/h6-7,9H,5,8H2,1-4H3;3-4,6,11H,2,5H2,1H3. The summed E-state index contributed by atoms with van der Waals surface area (Å²) in [5.41, 5.74) is 1.22. The number of nitrogens with one attached hydrogen (secondary N) is 1. The number of carbonyl (C=O) groups is 3. The average Bonchev–Trinajstić information content (AvgIpc) is 3.52. The van der Waals surface area contributed by atoms with Crippen molar-refractivity contribution in [3.63, 3.8) is 0 Å². The summed E-state index contributed by atoms with van der Waals surface area (Å²) >= 11 is 3.08. The predicted octanol–water partition coefficient (Wildman–Crippen LogP) is 5.93. The molecular formula is C25H30N2O6S2. The van der Waals surface area contributed by atoms with E-state index in [2.05, 4.69) is 4.98 Å². The van der Waals surface area contributed by atoms with Gasteiger partial charge in [0, 0.05) is 23.2 Å². The van der Waals surface area contributed by atoms with Crippen LogP contribution in [0.1, 0.15) is 45.7 Å². The second kappa shape index (κ2) is 11.5. The summed E-state index contributed by atoms with van der Waals surface area (Å²) in [6, 6.07) is 3.92. The van der Waals surface area contributed by atoms with E-state index in [1.807, 2.05) is 56.8 Å². The number of fused-ring (bicyclic) bond motifs is 2. The molecular weight excluding hydrogens is 488 g/mol. The minimum absolute atomic E-state index is 0.150. The SMILES string of the molecule is CCOC(=O)Cc1c[nH]c2sccc12.CCOC(=O)Cc1cn(C(=O)OC(C)(C)C)c2sccc12. The zero-order chi connectivity index (χ0) is 25.6. The molecule has 4 rings (SSSR count). The van der Waals surface area contributed by atoms with E-state index in [9.17, 15) is 14.4 Å². The molecule has 0 atom stereocenters. The van der Waals surface area contributed by atoms with E-state index >= 15 is 0 Å². The molecule has 188 valence electrons. The van der Waals surface area contributed by atoms with Crippen molar-refractivity contribution >= 4 is 61.1 Å². The molecule has 0 unspecified atom stereocenters. The highest BCUT2D eigenvalue weighted by atomic mass is 32.1. The van der Waals surface area contributed by atoms with Crippen LogP contribution in [0.3, 0.4) is 0 Å². The molecule has 8 nitrogen and oxygen atoms in total. The van der Waals surface area contributed by atoms with Crippen molar-refractivity contribution in [1.82, 2.24) is 9.55 Å². The van der Waals surface area contributed by atoms with Crippen LogP contribution in [0.25, 0.3) is 20.4 Å². The fraction of sp³-hybridized carbons (Fsp3) is 0.400. The van der Waals surface area contributed by atoms with Crippen molar-refractivity contribution in [3.05, 3.63) is 46.4 Å². The molecule has 0 radical (unpaired) electrons. The van der Waals surface area contributed by atoms with Gasteiger partial charge in [0.2, 0.25) is 0 Å². The van der Waals surface area contributed by atoms with Crippen molar-refractivity contribution in [2.75, 3.05) is 13.2 Å². The molecule has 0 aliphatic rings. The number of ether oxygens (including phenoxy) is 3. The van der Waals surface area contributed by atoms with Crippen LogP contribution in [0.2, 0.25) is 0 Å². The maximum Gasteiger partial charge on any atom is 0.419 e. The third kappa shape index (κ3) is 6.95. The number of hydrogen-bond acceptors (Lipinski definition) is 8. The average molecular weight is 519 g/mol. The van der Waals surface area contributed by atoms with Gasteiger partial charge in [-0.1, -0.05) is 0 Å². The van der Waals surface area contributed by atoms with Crippen molar-refractivity contribution in [2.24, 2.45) is 0 Å². The topological polar surface area (TPSA) is 99.6 Å². The molecule has 0 fully saturated rings. The number of rotatable bonds is 6. The number of aromatic nitrogens is 2. The first-order valence-electron chi connectivity index (χ1n) is 11.3. The second-order valence-electron chi connectivity index (χ2n) is 8.59. The van der Waals surface area contributed by atoms with E-state index in [0.717, 1.165) is 31.6 Å². The lowest BCUT2D eigenvalue weighted by Crippen LogP contribution is -2.26. The van der Waals surface area contributed by atoms with E-state index < -0.39 is 11.7 Å². The summed E-state index contributed by atoms with van der Waals surface area (Å²) < 4.78 is 16.7. The number of aromatic amines is 1. The Kier molecular flexibility index (Phi) is 8.74. The molecule has 0 amide bonds. The molecule has 0 saturated carbocycles. The van der Waals surface area contributed by atoms with Crippen LogP contribution < -0.4 is 0 Å². The summed E-state index contributed by atoms with van der Waals surface area (Å²) in [7, 11) is 0. The molecule has 0 spiro atoms. The smallest absolute Gasteiger partial charge is 0.419 e. The molecule has 4 aromatic heterocycles. The first-order chi connectivity index (χ1) is 16.6. The van der Waals surface area contributed by atoms with Gasteiger partial charge >= 0.3 is 18.0 Å². The van der Waals surface area contributed by atoms with Gasteiger partial charge in [-0.2, -0.15) is 0 Å². The molecule has 1 N–H and O–H groups in total. The van der Waals surface area contributed by atoms with Gasteiger partial charge in [-0.3, -0.25) is 9.59 Å². The Morgan fingerprint density at radius 3 is 2.14 bits per heavy atom. The van der Waals surface area contributed by atoms with E-state index in [0.29, 0.717) is 19.6 Å². The van der Waals surface area contributed by atoms with Gasteiger partial charge in [0.1, 0.15) is 10.4 Å². The van der Waals surface area contributed by atoms with Crippen molar-refractivity contribution in [1.29, 1.82) is 0 Å². The maximum absolute atomic E-state index is 12.2. The molecule has 35 heavy (non-hydrogen) atoms. The Bertz CT molecular complexity index is 1300. The van der Waals surface area contributed by atoms with Crippen LogP contribution in [-0.4, -0.2) is 46.4 Å². The molecule has 0 aliphatic heterocycles. The second-order valence-corrected chi connectivity index (χ2v) is 10.4. The Morgan fingerprint density at radius 2 is 1.51 bits per heavy atom. The van der Waals surface area contributed by atoms with Crippen LogP contribution in [0.4, 0.5) is 4.79 Å². The number of H-pyrrole nitrogens is 1. The van der Waals surface area contributed by atoms with Gasteiger partial charge < -0.3 is 19.2 Å². The van der Waals surface area contributed by atoms with Gasteiger partial charge in [0.05, 0.1) is 30.9 Å². The fourth-order valence-electron chi connectivity index (χ4n) is 3.39. The summed E-state index contributed by atoms with van der Waals surface area (Å²) in [6.45, 7) is 9.83. The highest BCUT2D eigenvalue weighted by Gasteiger charge is 2.22. The first kappa shape index (κ1) is 26.5. The lowest BCUT2D eigenvalue weighted by Gasteiger charge is -2.19. The Labute approximate surface area is 211 Å². The zero-order valence-electron chi connectivity index (χ0n) is 20.5. The summed E-state index contributed by atoms with van der Waals surface area (Å²) in [6.07, 6.45) is 3.59. The van der Waals surface area contributed by atoms with Crippen LogP contribution in [-0.2, 0) is 36.6 Å². The first-order valence-corrected chi connectivity index (χ1v) is 13.0. The van der Waals surface area contributed by atoms with Gasteiger partial charge in [0.25, 0.3) is 0 Å². The van der Waals surface area contributed by atoms with E-state index in [1.165, 1.54) is 15.9 Å². The van der Waals surface area contributed by atoms with E-state index in [4.69, 9.17) is 14.2 Å². The summed E-state index contributed by atoms with van der Waals surface area (Å²) in [5, 5.41) is 5.91. The normalized spacial score (nSPS) is 11.2. The Hall–Kier alpha value is -3.11. The monoisotopic (exact) mass is 518 g/mol. The molecule has 0 aromatic carbocycles. The lowest BCUT2D eigenvalue weighted by atomic mass is 10.2. The molecule has 10 heteroatoms. The molecule has 4 aromatic rings. The third-order valence-corrected chi connectivity index (χ3v) is 6.51. The van der Waals surface area contributed by atoms with Gasteiger partial charge in [0.15, 0.2) is 0 Å². The van der Waals surface area contributed by atoms with Crippen molar-refractivity contribution in [3.8, 4) is 0 Å². The lowest BCUT2D eigenvalue weighted by molar-refractivity contribution is -0.143. The van der Waals surface area contributed by atoms with Gasteiger partial charge in [-0.15, -0.1) is 22.7 Å². The molecule has 0 saturated heterocycles. The fourth-order valence-corrected chi connectivity index (χ4v) is 5.08. The predicted molar refractivity (Wildman–Crippen MR) is 138 cm³/mol. The Morgan fingerprint density at radius 1 is 0.914 bits per heavy atom. The van der Waals surface area contributed by atoms with Crippen LogP contribution >= 0.6 is 22.7 Å².